The first-order valence-electron chi connectivity index (χ1n) is 12.4. The highest BCUT2D eigenvalue weighted by Gasteiger charge is 2.22. The lowest BCUT2D eigenvalue weighted by Crippen LogP contribution is -2.52. The van der Waals surface area contributed by atoms with Gasteiger partial charge in [0.15, 0.2) is 0 Å². The molecule has 39 heavy (non-hydrogen) atoms. The molecule has 3 aromatic carbocycles. The van der Waals surface area contributed by atoms with Crippen LogP contribution >= 0.6 is 0 Å². The molecule has 9 heteroatoms. The molecule has 4 aromatic rings. The second-order valence-electron chi connectivity index (χ2n) is 9.69. The van der Waals surface area contributed by atoms with Crippen LogP contribution in [0.3, 0.4) is 0 Å². The fourth-order valence-electron chi connectivity index (χ4n) is 5.34. The Labute approximate surface area is 226 Å². The predicted octanol–water partition coefficient (Wildman–Crippen LogP) is 4.02. The summed E-state index contributed by atoms with van der Waals surface area (Å²) < 4.78 is 19.5. The van der Waals surface area contributed by atoms with Gasteiger partial charge >= 0.3 is 17.1 Å². The van der Waals surface area contributed by atoms with Crippen LogP contribution in [0.15, 0.2) is 50.8 Å². The van der Waals surface area contributed by atoms with E-state index < -0.39 is 17.1 Å². The van der Waals surface area contributed by atoms with E-state index in [0.29, 0.717) is 34.3 Å². The highest BCUT2D eigenvalue weighted by atomic mass is 16.5. The Morgan fingerprint density at radius 2 is 0.590 bits per heavy atom. The number of rotatable bonds is 6. The maximum Gasteiger partial charge on any atom is 0.345 e. The lowest BCUT2D eigenvalue weighted by Gasteiger charge is -2.18. The van der Waals surface area contributed by atoms with Gasteiger partial charge in [0.2, 0.25) is 0 Å². The molecule has 0 spiro atoms. The number of aromatic nitrogens is 3. The van der Waals surface area contributed by atoms with Crippen molar-refractivity contribution in [1.29, 1.82) is 0 Å². The summed E-state index contributed by atoms with van der Waals surface area (Å²) in [6.07, 6.45) is 0. The van der Waals surface area contributed by atoms with Gasteiger partial charge in [-0.1, -0.05) is 0 Å². The predicted molar refractivity (Wildman–Crippen MR) is 151 cm³/mol. The van der Waals surface area contributed by atoms with E-state index in [1.165, 1.54) is 0 Å². The molecule has 0 atom stereocenters. The summed E-state index contributed by atoms with van der Waals surface area (Å²) in [6.45, 7) is 11.0. The van der Waals surface area contributed by atoms with Crippen molar-refractivity contribution in [3.05, 3.63) is 101 Å². The summed E-state index contributed by atoms with van der Waals surface area (Å²) in [5.74, 6) is 1.97. The van der Waals surface area contributed by atoms with Crippen LogP contribution in [0.1, 0.15) is 33.4 Å². The molecule has 0 aliphatic heterocycles. The largest absolute Gasteiger partial charge is 0.496 e. The maximum atomic E-state index is 14.0. The highest BCUT2D eigenvalue weighted by molar-refractivity contribution is 5.52. The number of hydrogen-bond donors (Lipinski definition) is 0. The minimum Gasteiger partial charge on any atom is -0.496 e. The number of methoxy groups -OCH3 is 3. The molecule has 0 aliphatic carbocycles. The van der Waals surface area contributed by atoms with Crippen LogP contribution in [0.2, 0.25) is 0 Å². The Kier molecular flexibility index (Phi) is 7.28. The minimum absolute atomic E-state index is 0.326. The molecule has 0 saturated carbocycles. The molecule has 0 aliphatic rings. The molecule has 1 aromatic heterocycles. The van der Waals surface area contributed by atoms with Gasteiger partial charge in [-0.3, -0.25) is 0 Å². The minimum atomic E-state index is -0.781. The van der Waals surface area contributed by atoms with Gasteiger partial charge in [0.1, 0.15) is 17.2 Å². The van der Waals surface area contributed by atoms with Gasteiger partial charge in [-0.2, -0.15) is 0 Å². The third-order valence-electron chi connectivity index (χ3n) is 6.87. The van der Waals surface area contributed by atoms with E-state index in [0.717, 1.165) is 47.1 Å². The average Bonchev–Trinajstić information content (AvgIpc) is 2.83. The van der Waals surface area contributed by atoms with Crippen molar-refractivity contribution in [2.24, 2.45) is 0 Å². The van der Waals surface area contributed by atoms with Crippen molar-refractivity contribution in [3.63, 3.8) is 0 Å². The topological polar surface area (TPSA) is 93.7 Å². The Bertz CT molecular complexity index is 1480. The molecule has 1 heterocycles. The van der Waals surface area contributed by atoms with Gasteiger partial charge in [-0.05, 0) is 111 Å². The smallest absolute Gasteiger partial charge is 0.345 e. The third-order valence-corrected chi connectivity index (χ3v) is 6.87. The summed E-state index contributed by atoms with van der Waals surface area (Å²) >= 11 is 0. The van der Waals surface area contributed by atoms with Crippen molar-refractivity contribution < 1.29 is 14.2 Å². The fourth-order valence-corrected chi connectivity index (χ4v) is 5.34. The number of hydrogen-bond acceptors (Lipinski definition) is 6. The van der Waals surface area contributed by atoms with Crippen LogP contribution in [0.25, 0.3) is 17.1 Å². The van der Waals surface area contributed by atoms with Gasteiger partial charge in [0.25, 0.3) is 0 Å². The highest BCUT2D eigenvalue weighted by Crippen LogP contribution is 2.28. The average molecular weight is 532 g/mol. The van der Waals surface area contributed by atoms with E-state index in [9.17, 15) is 14.4 Å². The number of nitrogens with zero attached hydrogens (tertiary/aromatic N) is 3. The van der Waals surface area contributed by atoms with Crippen molar-refractivity contribution in [2.45, 2.75) is 41.5 Å². The van der Waals surface area contributed by atoms with E-state index in [1.807, 2.05) is 41.5 Å². The molecular formula is C30H33N3O6. The molecule has 0 unspecified atom stereocenters. The monoisotopic (exact) mass is 531 g/mol. The van der Waals surface area contributed by atoms with Crippen LogP contribution in [-0.2, 0) is 0 Å². The molecule has 204 valence electrons. The van der Waals surface area contributed by atoms with Gasteiger partial charge in [0.05, 0.1) is 38.4 Å². The van der Waals surface area contributed by atoms with Crippen molar-refractivity contribution in [1.82, 2.24) is 13.7 Å². The van der Waals surface area contributed by atoms with E-state index in [1.54, 1.807) is 57.7 Å². The normalized spacial score (nSPS) is 11.0. The number of benzene rings is 3. The molecule has 0 radical (unpaired) electrons. The summed E-state index contributed by atoms with van der Waals surface area (Å²) in [5, 5.41) is 0. The van der Waals surface area contributed by atoms with Crippen LogP contribution in [-0.4, -0.2) is 35.0 Å². The molecule has 0 saturated heterocycles. The molecule has 0 N–H and O–H groups in total. The first-order chi connectivity index (χ1) is 18.4. The maximum absolute atomic E-state index is 14.0. The Hall–Kier alpha value is -4.53. The Morgan fingerprint density at radius 1 is 0.410 bits per heavy atom. The van der Waals surface area contributed by atoms with Crippen LogP contribution < -0.4 is 31.3 Å². The quantitative estimate of drug-likeness (QED) is 0.373. The van der Waals surface area contributed by atoms with Crippen LogP contribution in [0.4, 0.5) is 0 Å². The van der Waals surface area contributed by atoms with Gasteiger partial charge in [0, 0.05) is 0 Å². The first kappa shape index (κ1) is 27.5. The van der Waals surface area contributed by atoms with Gasteiger partial charge in [-0.15, -0.1) is 0 Å². The molecule has 0 fully saturated rings. The summed E-state index contributed by atoms with van der Waals surface area (Å²) in [6, 6.07) is 10.2. The summed E-state index contributed by atoms with van der Waals surface area (Å²) in [4.78, 5) is 42.0. The van der Waals surface area contributed by atoms with E-state index in [4.69, 9.17) is 14.2 Å². The second-order valence-corrected chi connectivity index (χ2v) is 9.69. The third kappa shape index (κ3) is 4.54. The SMILES string of the molecule is COc1c(C)cc(-n2c(=O)n(-c3cc(C)c(OC)c(C)c3)c(=O)n(-c3cc(C)c(OC)c(C)c3)c2=O)cc1C. The van der Waals surface area contributed by atoms with E-state index >= 15 is 0 Å². The zero-order valence-electron chi connectivity index (χ0n) is 23.8. The van der Waals surface area contributed by atoms with Crippen molar-refractivity contribution in [3.8, 4) is 34.3 Å². The lowest BCUT2D eigenvalue weighted by molar-refractivity contribution is 0.408. The zero-order valence-corrected chi connectivity index (χ0v) is 23.8. The fraction of sp³-hybridized carbons (Fsp3) is 0.300. The van der Waals surface area contributed by atoms with Crippen LogP contribution in [0.5, 0.6) is 17.2 Å². The van der Waals surface area contributed by atoms with Gasteiger partial charge < -0.3 is 14.2 Å². The number of ether oxygens (including phenoxy) is 3. The zero-order chi connectivity index (χ0) is 28.8. The lowest BCUT2D eigenvalue weighted by atomic mass is 10.1. The molecule has 0 bridgehead atoms. The summed E-state index contributed by atoms with van der Waals surface area (Å²) in [5.41, 5.74) is 3.11. The Morgan fingerprint density at radius 3 is 0.744 bits per heavy atom. The Balaban J connectivity index is 2.19. The van der Waals surface area contributed by atoms with Crippen molar-refractivity contribution >= 4 is 0 Å². The molecular weight excluding hydrogens is 498 g/mol. The molecule has 4 rings (SSSR count). The van der Waals surface area contributed by atoms with Crippen LogP contribution in [0, 0.1) is 41.5 Å². The van der Waals surface area contributed by atoms with E-state index in [2.05, 4.69) is 0 Å². The second kappa shape index (κ2) is 10.3. The standard InChI is InChI=1S/C30H33N3O6/c1-16-10-22(11-17(2)25(16)37-7)31-28(34)32(23-12-18(3)26(38-8)19(4)13-23)30(36)33(29(31)35)24-14-20(5)27(39-9)21(6)15-24/h10-15H,1-9H3. The number of aryl methyl sites for hydroxylation is 6. The van der Waals surface area contributed by atoms with E-state index in [-0.39, 0.29) is 0 Å². The molecule has 0 amide bonds. The molecule has 9 nitrogen and oxygen atoms in total. The first-order valence-corrected chi connectivity index (χ1v) is 12.4. The summed E-state index contributed by atoms with van der Waals surface area (Å²) in [7, 11) is 4.70. The van der Waals surface area contributed by atoms with Crippen molar-refractivity contribution in [2.75, 3.05) is 21.3 Å². The van der Waals surface area contributed by atoms with Gasteiger partial charge in [-0.25, -0.2) is 28.1 Å².